The van der Waals surface area contributed by atoms with E-state index in [1.807, 2.05) is 0 Å². The summed E-state index contributed by atoms with van der Waals surface area (Å²) in [4.78, 5) is 2.47. The van der Waals surface area contributed by atoms with E-state index in [4.69, 9.17) is 4.74 Å². The summed E-state index contributed by atoms with van der Waals surface area (Å²) in [7, 11) is 0. The highest BCUT2D eigenvalue weighted by atomic mass is 16.5. The molecular weight excluding hydrogens is 631 g/mol. The van der Waals surface area contributed by atoms with Crippen LogP contribution in [0.5, 0.6) is 11.5 Å². The summed E-state index contributed by atoms with van der Waals surface area (Å²) in [6.07, 6.45) is 0. The predicted octanol–water partition coefficient (Wildman–Crippen LogP) is 13.1. The van der Waals surface area contributed by atoms with Gasteiger partial charge in [-0.1, -0.05) is 159 Å². The number of hydrogen-bond acceptors (Lipinski definition) is 2. The van der Waals surface area contributed by atoms with Crippen molar-refractivity contribution >= 4 is 27.8 Å². The first kappa shape index (κ1) is 30.4. The summed E-state index contributed by atoms with van der Waals surface area (Å²) in [5, 5.41) is 2.38. The molecule has 2 heteroatoms. The summed E-state index contributed by atoms with van der Waals surface area (Å²) in [6, 6.07) is 68.5. The van der Waals surface area contributed by atoms with Gasteiger partial charge in [0.05, 0.1) is 16.8 Å². The van der Waals surface area contributed by atoms with Crippen LogP contribution in [0.3, 0.4) is 0 Å². The number of ether oxygens (including phenoxy) is 1. The van der Waals surface area contributed by atoms with Crippen molar-refractivity contribution in [1.82, 2.24) is 0 Å². The van der Waals surface area contributed by atoms with Crippen LogP contribution in [0.4, 0.5) is 17.1 Å². The minimum atomic E-state index is -0.535. The van der Waals surface area contributed by atoms with Crippen molar-refractivity contribution in [3.8, 4) is 22.6 Å². The standard InChI is InChI=1S/C50H37NO/c1-49(2)43-28-15-16-30-46(43)52-47-31-17-29-44(48(47)49)51(37-21-7-4-8-22-37)45-33-36(32-34-18-9-10-23-38(34)45)50(35-19-5-3-6-20-35)41-26-13-11-24-39(41)40-25-12-14-27-42(40)50/h3-33H,1-2H3. The van der Waals surface area contributed by atoms with Crippen molar-refractivity contribution in [3.63, 3.8) is 0 Å². The first-order valence-corrected chi connectivity index (χ1v) is 18.1. The zero-order chi connectivity index (χ0) is 34.9. The molecule has 0 radical (unpaired) electrons. The van der Waals surface area contributed by atoms with Crippen LogP contribution in [-0.2, 0) is 10.8 Å². The highest BCUT2D eigenvalue weighted by Crippen LogP contribution is 2.58. The van der Waals surface area contributed by atoms with E-state index in [1.54, 1.807) is 0 Å². The molecular formula is C50H37NO. The lowest BCUT2D eigenvalue weighted by molar-refractivity contribution is 0.418. The summed E-state index contributed by atoms with van der Waals surface area (Å²) in [6.45, 7) is 4.65. The van der Waals surface area contributed by atoms with Gasteiger partial charge in [-0.05, 0) is 81.2 Å². The number of benzene rings is 8. The van der Waals surface area contributed by atoms with Crippen LogP contribution in [0, 0.1) is 0 Å². The van der Waals surface area contributed by atoms with Crippen molar-refractivity contribution in [2.75, 3.05) is 4.90 Å². The Kier molecular flexibility index (Phi) is 6.78. The minimum absolute atomic E-state index is 0.324. The lowest BCUT2D eigenvalue weighted by atomic mass is 9.67. The molecule has 52 heavy (non-hydrogen) atoms. The summed E-state index contributed by atoms with van der Waals surface area (Å²) in [5.41, 5.74) is 12.5. The fraction of sp³-hybridized carbons (Fsp3) is 0.0800. The molecule has 0 saturated carbocycles. The maximum Gasteiger partial charge on any atom is 0.133 e. The number of nitrogens with zero attached hydrogens (tertiary/aromatic N) is 1. The highest BCUT2D eigenvalue weighted by molar-refractivity contribution is 6.01. The van der Waals surface area contributed by atoms with Crippen molar-refractivity contribution in [2.24, 2.45) is 0 Å². The molecule has 248 valence electrons. The molecule has 8 aromatic rings. The van der Waals surface area contributed by atoms with E-state index < -0.39 is 5.41 Å². The van der Waals surface area contributed by atoms with Gasteiger partial charge in [-0.25, -0.2) is 0 Å². The van der Waals surface area contributed by atoms with Crippen LogP contribution in [-0.4, -0.2) is 0 Å². The molecule has 0 bridgehead atoms. The van der Waals surface area contributed by atoms with Gasteiger partial charge in [-0.15, -0.1) is 0 Å². The van der Waals surface area contributed by atoms with Crippen LogP contribution >= 0.6 is 0 Å². The van der Waals surface area contributed by atoms with Crippen LogP contribution < -0.4 is 9.64 Å². The Bertz CT molecular complexity index is 2590. The van der Waals surface area contributed by atoms with Crippen LogP contribution in [0.15, 0.2) is 188 Å². The molecule has 8 aromatic carbocycles. The van der Waals surface area contributed by atoms with Gasteiger partial charge in [-0.3, -0.25) is 0 Å². The minimum Gasteiger partial charge on any atom is -0.457 e. The third-order valence-corrected chi connectivity index (χ3v) is 11.3. The maximum atomic E-state index is 6.69. The van der Waals surface area contributed by atoms with Crippen LogP contribution in [0.25, 0.3) is 21.9 Å². The predicted molar refractivity (Wildman–Crippen MR) is 215 cm³/mol. The molecule has 1 heterocycles. The number of para-hydroxylation sites is 2. The van der Waals surface area contributed by atoms with E-state index in [9.17, 15) is 0 Å². The van der Waals surface area contributed by atoms with E-state index in [-0.39, 0.29) is 5.41 Å². The second-order valence-corrected chi connectivity index (χ2v) is 14.5. The fourth-order valence-electron chi connectivity index (χ4n) is 9.13. The number of fused-ring (bicyclic) bond motifs is 6. The normalized spacial score (nSPS) is 14.4. The largest absolute Gasteiger partial charge is 0.457 e. The van der Waals surface area contributed by atoms with Gasteiger partial charge < -0.3 is 9.64 Å². The lowest BCUT2D eigenvalue weighted by Crippen LogP contribution is -2.29. The fourth-order valence-corrected chi connectivity index (χ4v) is 9.13. The van der Waals surface area contributed by atoms with Crippen molar-refractivity contribution in [2.45, 2.75) is 24.7 Å². The van der Waals surface area contributed by atoms with Crippen LogP contribution in [0.2, 0.25) is 0 Å². The van der Waals surface area contributed by atoms with Crippen molar-refractivity contribution in [3.05, 3.63) is 221 Å². The molecule has 0 spiro atoms. The third-order valence-electron chi connectivity index (χ3n) is 11.3. The Balaban J connectivity index is 1.32. The molecule has 0 fully saturated rings. The average molecular weight is 668 g/mol. The Morgan fingerprint density at radius 1 is 0.442 bits per heavy atom. The summed E-state index contributed by atoms with van der Waals surface area (Å²) in [5.74, 6) is 1.81. The topological polar surface area (TPSA) is 12.5 Å². The molecule has 0 saturated heterocycles. The first-order chi connectivity index (χ1) is 25.6. The molecule has 2 aliphatic rings. The van der Waals surface area contributed by atoms with Gasteiger partial charge in [0, 0.05) is 27.6 Å². The smallest absolute Gasteiger partial charge is 0.133 e. The zero-order valence-electron chi connectivity index (χ0n) is 29.3. The average Bonchev–Trinajstić information content (AvgIpc) is 3.50. The van der Waals surface area contributed by atoms with Crippen molar-refractivity contribution in [1.29, 1.82) is 0 Å². The van der Waals surface area contributed by atoms with E-state index in [0.29, 0.717) is 0 Å². The third kappa shape index (κ3) is 4.31. The van der Waals surface area contributed by atoms with Gasteiger partial charge in [0.25, 0.3) is 0 Å². The SMILES string of the molecule is CC1(C)c2ccccc2Oc2cccc(N(c3ccccc3)c3cc(C4(c5ccccc5)c5ccccc5-c5ccccc54)cc4ccccc34)c21. The number of anilines is 3. The number of hydrogen-bond donors (Lipinski definition) is 0. The molecule has 0 aromatic heterocycles. The van der Waals surface area contributed by atoms with E-state index in [1.165, 1.54) is 55.3 Å². The Hall–Kier alpha value is -6.38. The van der Waals surface area contributed by atoms with Gasteiger partial charge in [0.2, 0.25) is 0 Å². The Morgan fingerprint density at radius 2 is 1.02 bits per heavy atom. The Labute approximate surface area is 305 Å². The molecule has 0 amide bonds. The molecule has 10 rings (SSSR count). The van der Waals surface area contributed by atoms with Gasteiger partial charge >= 0.3 is 0 Å². The van der Waals surface area contributed by atoms with E-state index in [0.717, 1.165) is 28.6 Å². The molecule has 1 aliphatic carbocycles. The monoisotopic (exact) mass is 667 g/mol. The zero-order valence-corrected chi connectivity index (χ0v) is 29.3. The molecule has 0 atom stereocenters. The van der Waals surface area contributed by atoms with Crippen molar-refractivity contribution < 1.29 is 4.74 Å². The second-order valence-electron chi connectivity index (χ2n) is 14.5. The number of rotatable bonds is 5. The van der Waals surface area contributed by atoms with E-state index >= 15 is 0 Å². The van der Waals surface area contributed by atoms with E-state index in [2.05, 4.69) is 207 Å². The molecule has 2 nitrogen and oxygen atoms in total. The summed E-state index contributed by atoms with van der Waals surface area (Å²) >= 11 is 0. The molecule has 0 N–H and O–H groups in total. The first-order valence-electron chi connectivity index (χ1n) is 18.1. The second kappa shape index (κ2) is 11.6. The Morgan fingerprint density at radius 3 is 1.75 bits per heavy atom. The summed E-state index contributed by atoms with van der Waals surface area (Å²) < 4.78 is 6.69. The maximum absolute atomic E-state index is 6.69. The molecule has 1 aliphatic heterocycles. The van der Waals surface area contributed by atoms with Gasteiger partial charge in [-0.2, -0.15) is 0 Å². The van der Waals surface area contributed by atoms with Gasteiger partial charge in [0.1, 0.15) is 11.5 Å². The van der Waals surface area contributed by atoms with Crippen LogP contribution in [0.1, 0.15) is 47.2 Å². The highest BCUT2D eigenvalue weighted by Gasteiger charge is 2.46. The molecule has 0 unspecified atom stereocenters. The van der Waals surface area contributed by atoms with Gasteiger partial charge in [0.15, 0.2) is 0 Å². The lowest BCUT2D eigenvalue weighted by Gasteiger charge is -2.40. The quantitative estimate of drug-likeness (QED) is 0.181.